The molecule has 0 aliphatic heterocycles. The summed E-state index contributed by atoms with van der Waals surface area (Å²) >= 11 is 12.6. The lowest BCUT2D eigenvalue weighted by Crippen LogP contribution is -2.14. The number of rotatable bonds is 2. The molecule has 0 fully saturated rings. The van der Waals surface area contributed by atoms with Gasteiger partial charge < -0.3 is 0 Å². The van der Waals surface area contributed by atoms with Crippen LogP contribution in [0.1, 0.15) is 74.9 Å². The van der Waals surface area contributed by atoms with E-state index in [2.05, 4.69) is 104 Å². The molecule has 0 saturated heterocycles. The first kappa shape index (κ1) is 26.1. The molecule has 0 unspecified atom stereocenters. The Hall–Kier alpha value is -2.54. The summed E-state index contributed by atoms with van der Waals surface area (Å²) in [7, 11) is 0. The van der Waals surface area contributed by atoms with Gasteiger partial charge in [0.05, 0.1) is 0 Å². The van der Waals surface area contributed by atoms with Crippen LogP contribution in [-0.2, 0) is 17.3 Å². The summed E-state index contributed by atoms with van der Waals surface area (Å²) < 4.78 is 0. The van der Waals surface area contributed by atoms with Crippen LogP contribution in [0.2, 0.25) is 10.0 Å². The second-order valence-corrected chi connectivity index (χ2v) is 13.6. The van der Waals surface area contributed by atoms with Crippen molar-refractivity contribution in [2.24, 2.45) is 0 Å². The van der Waals surface area contributed by atoms with Crippen molar-refractivity contribution < 1.29 is 0 Å². The molecule has 1 aliphatic rings. The number of fused-ring (bicyclic) bond motifs is 3. The summed E-state index contributed by atoms with van der Waals surface area (Å²) in [5.74, 6) is 0. The molecule has 0 heterocycles. The SMILES string of the molecule is Cc1cc(Cl)ccc1-c1cc2c(cc1C(C)(C)C)-c1cc(C(C)(C)C)c(-c3ccc(Cl)cc3C)cc1C2. The number of halogens is 2. The maximum Gasteiger partial charge on any atom is 0.0409 e. The average Bonchev–Trinajstić information content (AvgIpc) is 3.13. The first-order valence-electron chi connectivity index (χ1n) is 13.1. The van der Waals surface area contributed by atoms with Gasteiger partial charge in [-0.05, 0) is 146 Å². The van der Waals surface area contributed by atoms with Crippen molar-refractivity contribution >= 4 is 23.2 Å². The van der Waals surface area contributed by atoms with Gasteiger partial charge in [-0.15, -0.1) is 0 Å². The Kier molecular flexibility index (Phi) is 6.37. The highest BCUT2D eigenvalue weighted by Gasteiger charge is 2.29. The van der Waals surface area contributed by atoms with Crippen molar-refractivity contribution in [1.29, 1.82) is 0 Å². The van der Waals surface area contributed by atoms with Crippen LogP contribution in [-0.4, -0.2) is 0 Å². The van der Waals surface area contributed by atoms with Gasteiger partial charge in [0.25, 0.3) is 0 Å². The zero-order chi connectivity index (χ0) is 26.9. The molecule has 37 heavy (non-hydrogen) atoms. The van der Waals surface area contributed by atoms with Crippen molar-refractivity contribution in [2.75, 3.05) is 0 Å². The van der Waals surface area contributed by atoms with Crippen LogP contribution in [0.5, 0.6) is 0 Å². The van der Waals surface area contributed by atoms with Crippen molar-refractivity contribution in [2.45, 2.75) is 72.6 Å². The highest BCUT2D eigenvalue weighted by molar-refractivity contribution is 6.31. The topological polar surface area (TPSA) is 0 Å². The summed E-state index contributed by atoms with van der Waals surface area (Å²) in [6.07, 6.45) is 0.943. The van der Waals surface area contributed by atoms with Gasteiger partial charge in [-0.2, -0.15) is 0 Å². The molecule has 0 N–H and O–H groups in total. The van der Waals surface area contributed by atoms with Gasteiger partial charge in [-0.25, -0.2) is 0 Å². The minimum absolute atomic E-state index is 0.00636. The number of hydrogen-bond donors (Lipinski definition) is 0. The number of hydrogen-bond acceptors (Lipinski definition) is 0. The Bertz CT molecular complexity index is 1420. The molecule has 4 aromatic carbocycles. The minimum atomic E-state index is 0.00636. The predicted octanol–water partition coefficient (Wildman–Crippen LogP) is 11.1. The molecule has 0 aromatic heterocycles. The molecule has 0 nitrogen and oxygen atoms in total. The summed E-state index contributed by atoms with van der Waals surface area (Å²) in [5.41, 5.74) is 15.9. The molecular formula is C35H36Cl2. The third kappa shape index (κ3) is 4.75. The molecule has 0 saturated carbocycles. The van der Waals surface area contributed by atoms with Crippen molar-refractivity contribution in [1.82, 2.24) is 0 Å². The third-order valence-electron chi connectivity index (χ3n) is 7.73. The maximum atomic E-state index is 6.32. The van der Waals surface area contributed by atoms with Crippen LogP contribution >= 0.6 is 23.2 Å². The Labute approximate surface area is 232 Å². The highest BCUT2D eigenvalue weighted by Crippen LogP contribution is 2.48. The zero-order valence-corrected chi connectivity index (χ0v) is 24.7. The van der Waals surface area contributed by atoms with E-state index in [1.165, 1.54) is 66.8 Å². The maximum absolute atomic E-state index is 6.32. The molecular weight excluding hydrogens is 491 g/mol. The van der Waals surface area contributed by atoms with Gasteiger partial charge in [0.1, 0.15) is 0 Å². The van der Waals surface area contributed by atoms with Gasteiger partial charge in [0.15, 0.2) is 0 Å². The molecule has 4 aromatic rings. The van der Waals surface area contributed by atoms with E-state index < -0.39 is 0 Å². The Morgan fingerprint density at radius 1 is 0.486 bits per heavy atom. The largest absolute Gasteiger partial charge is 0.0843 e. The lowest BCUT2D eigenvalue weighted by atomic mass is 9.78. The van der Waals surface area contributed by atoms with Crippen LogP contribution < -0.4 is 0 Å². The monoisotopic (exact) mass is 526 g/mol. The first-order chi connectivity index (χ1) is 17.2. The predicted molar refractivity (Wildman–Crippen MR) is 162 cm³/mol. The molecule has 5 rings (SSSR count). The standard InChI is InChI=1S/C35H36Cl2/c1-20-13-24(36)9-11-26(20)30-16-22-15-23-17-31(27-12-10-25(37)14-21(27)2)33(35(6,7)8)19-29(23)28(22)18-32(30)34(3,4)5/h9-14,16-19H,15H2,1-8H3. The highest BCUT2D eigenvalue weighted by atomic mass is 35.5. The molecule has 1 aliphatic carbocycles. The quantitative estimate of drug-likeness (QED) is 0.214. The summed E-state index contributed by atoms with van der Waals surface area (Å²) in [6.45, 7) is 18.2. The van der Waals surface area contributed by atoms with Gasteiger partial charge in [-0.1, -0.05) is 76.9 Å². The molecule has 0 radical (unpaired) electrons. The van der Waals surface area contributed by atoms with E-state index in [1.54, 1.807) is 0 Å². The Morgan fingerprint density at radius 2 is 0.865 bits per heavy atom. The van der Waals surface area contributed by atoms with Crippen LogP contribution in [0.15, 0.2) is 60.7 Å². The molecule has 0 atom stereocenters. The lowest BCUT2D eigenvalue weighted by molar-refractivity contribution is 0.591. The third-order valence-corrected chi connectivity index (χ3v) is 8.20. The van der Waals surface area contributed by atoms with Gasteiger partial charge in [-0.3, -0.25) is 0 Å². The smallest absolute Gasteiger partial charge is 0.0409 e. The zero-order valence-electron chi connectivity index (χ0n) is 23.2. The number of aryl methyl sites for hydroxylation is 2. The van der Waals surface area contributed by atoms with E-state index in [-0.39, 0.29) is 10.8 Å². The normalized spacial score (nSPS) is 13.0. The van der Waals surface area contributed by atoms with E-state index in [9.17, 15) is 0 Å². The van der Waals surface area contributed by atoms with Gasteiger partial charge in [0.2, 0.25) is 0 Å². The van der Waals surface area contributed by atoms with Crippen molar-refractivity contribution in [3.05, 3.63) is 104 Å². The average molecular weight is 528 g/mol. The fourth-order valence-electron chi connectivity index (χ4n) is 5.83. The summed E-state index contributed by atoms with van der Waals surface area (Å²) in [6, 6.07) is 22.3. The molecule has 0 amide bonds. The Morgan fingerprint density at radius 3 is 1.19 bits per heavy atom. The Balaban J connectivity index is 1.75. The van der Waals surface area contributed by atoms with Crippen LogP contribution in [0.3, 0.4) is 0 Å². The molecule has 2 heteroatoms. The van der Waals surface area contributed by atoms with Gasteiger partial charge >= 0.3 is 0 Å². The summed E-state index contributed by atoms with van der Waals surface area (Å²) in [5, 5.41) is 1.57. The molecule has 0 spiro atoms. The first-order valence-corrected chi connectivity index (χ1v) is 13.9. The fraction of sp³-hybridized carbons (Fsp3) is 0.314. The second kappa shape index (κ2) is 9.04. The van der Waals surface area contributed by atoms with Crippen LogP contribution in [0.4, 0.5) is 0 Å². The van der Waals surface area contributed by atoms with E-state index >= 15 is 0 Å². The van der Waals surface area contributed by atoms with E-state index in [0.717, 1.165) is 16.5 Å². The fourth-order valence-corrected chi connectivity index (χ4v) is 6.29. The van der Waals surface area contributed by atoms with E-state index in [0.29, 0.717) is 0 Å². The van der Waals surface area contributed by atoms with Gasteiger partial charge in [0, 0.05) is 10.0 Å². The molecule has 190 valence electrons. The van der Waals surface area contributed by atoms with Crippen molar-refractivity contribution in [3.8, 4) is 33.4 Å². The second-order valence-electron chi connectivity index (χ2n) is 12.7. The lowest BCUT2D eigenvalue weighted by Gasteiger charge is -2.27. The van der Waals surface area contributed by atoms with Crippen LogP contribution in [0, 0.1) is 13.8 Å². The molecule has 0 bridgehead atoms. The van der Waals surface area contributed by atoms with E-state index in [1.807, 2.05) is 12.1 Å². The van der Waals surface area contributed by atoms with E-state index in [4.69, 9.17) is 23.2 Å². The number of benzene rings is 4. The van der Waals surface area contributed by atoms with Crippen molar-refractivity contribution in [3.63, 3.8) is 0 Å². The van der Waals surface area contributed by atoms with Crippen LogP contribution in [0.25, 0.3) is 33.4 Å². The summed E-state index contributed by atoms with van der Waals surface area (Å²) in [4.78, 5) is 0. The minimum Gasteiger partial charge on any atom is -0.0843 e.